The summed E-state index contributed by atoms with van der Waals surface area (Å²) >= 11 is 0. The number of para-hydroxylation sites is 2. The third-order valence-corrected chi connectivity index (χ3v) is 3.41. The van der Waals surface area contributed by atoms with E-state index in [1.807, 2.05) is 0 Å². The molecule has 126 valence electrons. The summed E-state index contributed by atoms with van der Waals surface area (Å²) in [6.07, 6.45) is 1.37. The summed E-state index contributed by atoms with van der Waals surface area (Å²) < 4.78 is 19.7. The molecule has 8 heteroatoms. The van der Waals surface area contributed by atoms with Gasteiger partial charge in [-0.25, -0.2) is 13.9 Å². The van der Waals surface area contributed by atoms with Crippen molar-refractivity contribution in [2.45, 2.75) is 0 Å². The van der Waals surface area contributed by atoms with E-state index in [0.717, 1.165) is 0 Å². The van der Waals surface area contributed by atoms with Gasteiger partial charge in [0.05, 0.1) is 30.2 Å². The number of ether oxygens (including phenoxy) is 1. The Bertz CT molecular complexity index is 939. The van der Waals surface area contributed by atoms with E-state index in [4.69, 9.17) is 0 Å². The highest BCUT2D eigenvalue weighted by Crippen LogP contribution is 2.20. The SMILES string of the molecule is COC(=O)c1cn(-c2ccccc2NC(=O)c2ccccc2F)nn1. The Labute approximate surface area is 142 Å². The first-order chi connectivity index (χ1) is 12.1. The molecule has 2 aromatic carbocycles. The Kier molecular flexibility index (Phi) is 4.51. The van der Waals surface area contributed by atoms with Crippen LogP contribution in [0.2, 0.25) is 0 Å². The lowest BCUT2D eigenvalue weighted by Gasteiger charge is -2.10. The Morgan fingerprint density at radius 3 is 2.60 bits per heavy atom. The van der Waals surface area contributed by atoms with E-state index in [1.165, 1.54) is 36.2 Å². The second kappa shape index (κ2) is 6.91. The van der Waals surface area contributed by atoms with Crippen LogP contribution in [0.4, 0.5) is 10.1 Å². The third-order valence-electron chi connectivity index (χ3n) is 3.41. The number of esters is 1. The summed E-state index contributed by atoms with van der Waals surface area (Å²) in [4.78, 5) is 23.8. The summed E-state index contributed by atoms with van der Waals surface area (Å²) in [5.74, 6) is -1.84. The number of nitrogens with one attached hydrogen (secondary N) is 1. The van der Waals surface area contributed by atoms with Gasteiger partial charge in [-0.2, -0.15) is 0 Å². The number of methoxy groups -OCH3 is 1. The van der Waals surface area contributed by atoms with Gasteiger partial charge in [0, 0.05) is 0 Å². The lowest BCUT2D eigenvalue weighted by atomic mass is 10.2. The Hall–Kier alpha value is -3.55. The van der Waals surface area contributed by atoms with Gasteiger partial charge in [-0.1, -0.05) is 29.5 Å². The Balaban J connectivity index is 1.91. The molecule has 3 rings (SSSR count). The number of rotatable bonds is 4. The minimum Gasteiger partial charge on any atom is -0.464 e. The number of halogens is 1. The van der Waals surface area contributed by atoms with Crippen molar-refractivity contribution in [3.8, 4) is 5.69 Å². The van der Waals surface area contributed by atoms with Gasteiger partial charge in [-0.15, -0.1) is 5.10 Å². The van der Waals surface area contributed by atoms with Crippen molar-refractivity contribution >= 4 is 17.6 Å². The first kappa shape index (κ1) is 16.3. The topological polar surface area (TPSA) is 86.1 Å². The molecule has 25 heavy (non-hydrogen) atoms. The molecule has 1 N–H and O–H groups in total. The van der Waals surface area contributed by atoms with Crippen LogP contribution in [0.3, 0.4) is 0 Å². The van der Waals surface area contributed by atoms with Crippen molar-refractivity contribution in [2.75, 3.05) is 12.4 Å². The van der Waals surface area contributed by atoms with Gasteiger partial charge in [0.25, 0.3) is 5.91 Å². The third kappa shape index (κ3) is 3.37. The van der Waals surface area contributed by atoms with E-state index in [1.54, 1.807) is 30.3 Å². The zero-order valence-corrected chi connectivity index (χ0v) is 13.1. The second-order valence-electron chi connectivity index (χ2n) is 4.99. The van der Waals surface area contributed by atoms with Crippen LogP contribution in [0.15, 0.2) is 54.7 Å². The first-order valence-corrected chi connectivity index (χ1v) is 7.26. The fourth-order valence-electron chi connectivity index (χ4n) is 2.19. The first-order valence-electron chi connectivity index (χ1n) is 7.26. The highest BCUT2D eigenvalue weighted by molar-refractivity contribution is 6.05. The molecule has 0 radical (unpaired) electrons. The van der Waals surface area contributed by atoms with Crippen molar-refractivity contribution in [2.24, 2.45) is 0 Å². The van der Waals surface area contributed by atoms with E-state index in [2.05, 4.69) is 20.4 Å². The van der Waals surface area contributed by atoms with Crippen LogP contribution in [0.1, 0.15) is 20.8 Å². The van der Waals surface area contributed by atoms with E-state index in [-0.39, 0.29) is 11.3 Å². The minimum atomic E-state index is -0.626. The standard InChI is InChI=1S/C17H13FN4O3/c1-25-17(24)14-10-22(21-20-14)15-9-5-4-8-13(15)19-16(23)11-6-2-3-7-12(11)18/h2-10H,1H3,(H,19,23). The van der Waals surface area contributed by atoms with Crippen LogP contribution in [-0.4, -0.2) is 34.0 Å². The largest absolute Gasteiger partial charge is 0.464 e. The number of amides is 1. The van der Waals surface area contributed by atoms with Crippen molar-refractivity contribution < 1.29 is 18.7 Å². The minimum absolute atomic E-state index is 0.0257. The van der Waals surface area contributed by atoms with Crippen molar-refractivity contribution in [3.63, 3.8) is 0 Å². The van der Waals surface area contributed by atoms with Crippen LogP contribution in [0.25, 0.3) is 5.69 Å². The van der Waals surface area contributed by atoms with Gasteiger partial charge in [-0.3, -0.25) is 4.79 Å². The maximum Gasteiger partial charge on any atom is 0.360 e. The van der Waals surface area contributed by atoms with E-state index >= 15 is 0 Å². The smallest absolute Gasteiger partial charge is 0.360 e. The molecule has 0 saturated carbocycles. The zero-order valence-electron chi connectivity index (χ0n) is 13.1. The van der Waals surface area contributed by atoms with Gasteiger partial charge in [0.1, 0.15) is 5.82 Å². The highest BCUT2D eigenvalue weighted by Gasteiger charge is 2.16. The molecule has 7 nitrogen and oxygen atoms in total. The lowest BCUT2D eigenvalue weighted by Crippen LogP contribution is -2.15. The average Bonchev–Trinajstić information content (AvgIpc) is 3.11. The molecular weight excluding hydrogens is 327 g/mol. The van der Waals surface area contributed by atoms with Gasteiger partial charge < -0.3 is 10.1 Å². The predicted molar refractivity (Wildman–Crippen MR) is 87.1 cm³/mol. The molecule has 1 heterocycles. The number of nitrogens with zero attached hydrogens (tertiary/aromatic N) is 3. The van der Waals surface area contributed by atoms with E-state index < -0.39 is 17.7 Å². The van der Waals surface area contributed by atoms with Crippen LogP contribution in [0.5, 0.6) is 0 Å². The number of anilines is 1. The molecule has 0 unspecified atom stereocenters. The molecule has 0 aliphatic rings. The number of hydrogen-bond acceptors (Lipinski definition) is 5. The highest BCUT2D eigenvalue weighted by atomic mass is 19.1. The summed E-state index contributed by atoms with van der Waals surface area (Å²) in [5.41, 5.74) is 0.802. The Morgan fingerprint density at radius 2 is 1.84 bits per heavy atom. The van der Waals surface area contributed by atoms with Crippen LogP contribution in [-0.2, 0) is 4.74 Å². The fourth-order valence-corrected chi connectivity index (χ4v) is 2.19. The van der Waals surface area contributed by atoms with Crippen molar-refractivity contribution in [1.82, 2.24) is 15.0 Å². The van der Waals surface area contributed by atoms with Gasteiger partial charge in [0.2, 0.25) is 0 Å². The zero-order chi connectivity index (χ0) is 17.8. The Morgan fingerprint density at radius 1 is 1.12 bits per heavy atom. The lowest BCUT2D eigenvalue weighted by molar-refractivity contribution is 0.0593. The molecule has 0 aliphatic heterocycles. The van der Waals surface area contributed by atoms with Crippen molar-refractivity contribution in [1.29, 1.82) is 0 Å². The monoisotopic (exact) mass is 340 g/mol. The van der Waals surface area contributed by atoms with E-state index in [0.29, 0.717) is 11.4 Å². The molecular formula is C17H13FN4O3. The fraction of sp³-hybridized carbons (Fsp3) is 0.0588. The molecule has 0 spiro atoms. The quantitative estimate of drug-likeness (QED) is 0.737. The van der Waals surface area contributed by atoms with Gasteiger partial charge >= 0.3 is 5.97 Å². The van der Waals surface area contributed by atoms with Gasteiger partial charge in [0.15, 0.2) is 5.69 Å². The van der Waals surface area contributed by atoms with Crippen LogP contribution >= 0.6 is 0 Å². The number of aromatic nitrogens is 3. The molecule has 0 atom stereocenters. The van der Waals surface area contributed by atoms with E-state index in [9.17, 15) is 14.0 Å². The second-order valence-corrected chi connectivity index (χ2v) is 4.99. The average molecular weight is 340 g/mol. The molecule has 3 aromatic rings. The maximum atomic E-state index is 13.8. The molecule has 0 fully saturated rings. The molecule has 0 aliphatic carbocycles. The maximum absolute atomic E-state index is 13.8. The van der Waals surface area contributed by atoms with Crippen LogP contribution < -0.4 is 5.32 Å². The molecule has 1 aromatic heterocycles. The van der Waals surface area contributed by atoms with Crippen LogP contribution in [0, 0.1) is 5.82 Å². The number of carbonyl (C=O) groups excluding carboxylic acids is 2. The number of hydrogen-bond donors (Lipinski definition) is 1. The molecule has 1 amide bonds. The molecule has 0 saturated heterocycles. The van der Waals surface area contributed by atoms with Crippen molar-refractivity contribution in [3.05, 3.63) is 71.8 Å². The predicted octanol–water partition coefficient (Wildman–Crippen LogP) is 2.45. The molecule has 0 bridgehead atoms. The summed E-state index contributed by atoms with van der Waals surface area (Å²) in [5, 5.41) is 10.2. The number of benzene rings is 2. The van der Waals surface area contributed by atoms with Gasteiger partial charge in [-0.05, 0) is 24.3 Å². The number of carbonyl (C=O) groups is 2. The summed E-state index contributed by atoms with van der Waals surface area (Å²) in [7, 11) is 1.24. The normalized spacial score (nSPS) is 10.3. The summed E-state index contributed by atoms with van der Waals surface area (Å²) in [6, 6.07) is 12.4. The summed E-state index contributed by atoms with van der Waals surface area (Å²) in [6.45, 7) is 0.